The van der Waals surface area contributed by atoms with Crippen molar-refractivity contribution in [2.75, 3.05) is 13.2 Å². The monoisotopic (exact) mass is 822 g/mol. The van der Waals surface area contributed by atoms with Crippen molar-refractivity contribution in [2.45, 2.75) is 13.8 Å². The van der Waals surface area contributed by atoms with E-state index in [1.165, 1.54) is 43.1 Å². The van der Waals surface area contributed by atoms with Gasteiger partial charge in [-0.15, -0.1) is 0 Å². The topological polar surface area (TPSA) is 9.23 Å². The molecule has 4 heteroatoms. The molecule has 1 aliphatic rings. The maximum absolute atomic E-state index is 5.93. The molecule has 0 saturated carbocycles. The summed E-state index contributed by atoms with van der Waals surface area (Å²) < 4.78 is 9.71. The van der Waals surface area contributed by atoms with Crippen LogP contribution in [0.25, 0.3) is 16.5 Å². The molecule has 0 bridgehead atoms. The molecule has 1 saturated heterocycles. The minimum absolute atomic E-state index is 0.573. The SMILES string of the molecule is CC=C1COCC1=CC(C#Cc1ccc(-c2ccc(/C=C/C)cc2)s1)=C([C]#[Os])[P+](c1ccccc1)(c1ccccc1)c1ccccc1. The molecule has 2 heterocycles. The van der Waals surface area contributed by atoms with Crippen molar-refractivity contribution < 1.29 is 22.7 Å². The minimum atomic E-state index is -2.41. The third kappa shape index (κ3) is 7.11. The molecule has 5 aromatic rings. The van der Waals surface area contributed by atoms with E-state index in [2.05, 4.69) is 175 Å². The fourth-order valence-electron chi connectivity index (χ4n) is 5.91. The van der Waals surface area contributed by atoms with Gasteiger partial charge < -0.3 is 0 Å². The number of benzene rings is 4. The van der Waals surface area contributed by atoms with Crippen LogP contribution < -0.4 is 15.9 Å². The van der Waals surface area contributed by atoms with Crippen LogP contribution in [0.1, 0.15) is 24.3 Å². The second kappa shape index (κ2) is 15.7. The summed E-state index contributed by atoms with van der Waals surface area (Å²) in [6.45, 7) is 5.32. The second-order valence-electron chi connectivity index (χ2n) is 11.0. The van der Waals surface area contributed by atoms with Crippen molar-refractivity contribution in [3.05, 3.63) is 178 Å². The average molecular weight is 821 g/mol. The van der Waals surface area contributed by atoms with E-state index in [1.54, 1.807) is 29.3 Å². The molecule has 1 aliphatic heterocycles. The van der Waals surface area contributed by atoms with E-state index >= 15 is 0 Å². The Morgan fingerprint density at radius 3 is 1.83 bits per heavy atom. The van der Waals surface area contributed by atoms with Crippen molar-refractivity contribution in [3.63, 3.8) is 0 Å². The summed E-state index contributed by atoms with van der Waals surface area (Å²) in [5.41, 5.74) is 5.78. The predicted molar refractivity (Wildman–Crippen MR) is 200 cm³/mol. The van der Waals surface area contributed by atoms with Crippen LogP contribution in [0.15, 0.2) is 168 Å². The van der Waals surface area contributed by atoms with E-state index in [4.69, 9.17) is 4.74 Å². The summed E-state index contributed by atoms with van der Waals surface area (Å²) in [5.74, 6) is 7.30. The van der Waals surface area contributed by atoms with Gasteiger partial charge in [0.15, 0.2) is 0 Å². The molecule has 4 aromatic carbocycles. The molecule has 6 rings (SSSR count). The predicted octanol–water partition coefficient (Wildman–Crippen LogP) is 9.46. The standard InChI is InChI=1S/C43H35OPS.Os/c1-4-15-34-22-24-36(25-23-34)43-29-28-42(46-43)27-26-37(30-38-32-44-31-35(38)5-2)33(3)45(39-16-9-6-10-17-39,40-18-11-7-12-19-40)41-20-13-8-14-21-41;/h4-25,28-30H,31-32H2,1-2H3;/q+1;/b15-4+,35-5?,37-33?,38-30?;. The van der Waals surface area contributed by atoms with Crippen molar-refractivity contribution in [1.82, 2.24) is 0 Å². The van der Waals surface area contributed by atoms with Gasteiger partial charge >= 0.3 is 276 Å². The summed E-state index contributed by atoms with van der Waals surface area (Å²) in [5, 5.41) is 4.96. The van der Waals surface area contributed by atoms with Crippen LogP contribution in [-0.2, 0) is 22.7 Å². The van der Waals surface area contributed by atoms with Crippen LogP contribution >= 0.6 is 18.6 Å². The first-order chi connectivity index (χ1) is 23.2. The third-order valence-corrected chi connectivity index (χ3v) is 14.6. The van der Waals surface area contributed by atoms with E-state index in [-0.39, 0.29) is 0 Å². The van der Waals surface area contributed by atoms with Crippen LogP contribution in [-0.4, -0.2) is 13.2 Å². The Morgan fingerprint density at radius 1 is 0.723 bits per heavy atom. The molecule has 47 heavy (non-hydrogen) atoms. The Morgan fingerprint density at radius 2 is 1.30 bits per heavy atom. The quantitative estimate of drug-likeness (QED) is 0.118. The van der Waals surface area contributed by atoms with Gasteiger partial charge in [-0.25, -0.2) is 0 Å². The number of ether oxygens (including phenoxy) is 1. The Kier molecular flexibility index (Phi) is 10.9. The zero-order chi connectivity index (χ0) is 32.5. The molecule has 231 valence electrons. The fourth-order valence-corrected chi connectivity index (χ4v) is 12.5. The third-order valence-electron chi connectivity index (χ3n) is 8.18. The van der Waals surface area contributed by atoms with E-state index < -0.39 is 7.26 Å². The number of thiophene rings is 1. The van der Waals surface area contributed by atoms with Crippen LogP contribution in [0, 0.1) is 16.2 Å². The van der Waals surface area contributed by atoms with Gasteiger partial charge in [0, 0.05) is 0 Å². The first-order valence-electron chi connectivity index (χ1n) is 15.6. The summed E-state index contributed by atoms with van der Waals surface area (Å²) in [6, 6.07) is 45.8. The van der Waals surface area contributed by atoms with E-state index in [1.807, 2.05) is 6.92 Å². The maximum atomic E-state index is 5.93. The summed E-state index contributed by atoms with van der Waals surface area (Å²) in [7, 11) is -2.41. The Bertz CT molecular complexity index is 1970. The zero-order valence-electron chi connectivity index (χ0n) is 26.5. The fraction of sp³-hybridized carbons (Fsp3) is 0.0930. The van der Waals surface area contributed by atoms with Crippen molar-refractivity contribution >= 4 is 40.6 Å². The molecule has 0 spiro atoms. The van der Waals surface area contributed by atoms with Crippen LogP contribution in [0.3, 0.4) is 0 Å². The molecule has 1 aromatic heterocycles. The molecular formula is C43H35OOsPS+. The summed E-state index contributed by atoms with van der Waals surface area (Å²) in [4.78, 5) is 2.24. The average Bonchev–Trinajstić information content (AvgIpc) is 3.80. The van der Waals surface area contributed by atoms with Gasteiger partial charge in [0.2, 0.25) is 0 Å². The number of hydrogen-bond acceptors (Lipinski definition) is 2. The Balaban J connectivity index is 1.60. The van der Waals surface area contributed by atoms with Crippen LogP contribution in [0.5, 0.6) is 0 Å². The van der Waals surface area contributed by atoms with E-state index in [0.29, 0.717) is 13.2 Å². The van der Waals surface area contributed by atoms with Crippen LogP contribution in [0.4, 0.5) is 0 Å². The van der Waals surface area contributed by atoms with Gasteiger partial charge in [-0.05, 0) is 6.92 Å². The molecule has 0 amide bonds. The Labute approximate surface area is 293 Å². The molecule has 0 radical (unpaired) electrons. The van der Waals surface area contributed by atoms with Gasteiger partial charge in [0.25, 0.3) is 0 Å². The van der Waals surface area contributed by atoms with Gasteiger partial charge in [-0.2, -0.15) is 0 Å². The normalized spacial score (nSPS) is 15.4. The molecule has 1 nitrogen and oxygen atoms in total. The van der Waals surface area contributed by atoms with Crippen molar-refractivity contribution in [1.29, 1.82) is 0 Å². The van der Waals surface area contributed by atoms with Gasteiger partial charge in [-0.1, -0.05) is 12.2 Å². The molecule has 0 N–H and O–H groups in total. The molecule has 1 fully saturated rings. The summed E-state index contributed by atoms with van der Waals surface area (Å²) in [6.07, 6.45) is 8.61. The zero-order valence-corrected chi connectivity index (χ0v) is 30.7. The van der Waals surface area contributed by atoms with Crippen LogP contribution in [0.2, 0.25) is 0 Å². The van der Waals surface area contributed by atoms with E-state index in [0.717, 1.165) is 15.8 Å². The first-order valence-corrected chi connectivity index (χ1v) is 19.5. The first kappa shape index (κ1) is 32.8. The molecule has 0 atom stereocenters. The number of hydrogen-bond donors (Lipinski definition) is 0. The molecular weight excluding hydrogens is 786 g/mol. The number of rotatable bonds is 7. The van der Waals surface area contributed by atoms with E-state index in [9.17, 15) is 0 Å². The Hall–Kier alpha value is -4.09. The van der Waals surface area contributed by atoms with Gasteiger partial charge in [0.1, 0.15) is 0 Å². The second-order valence-corrected chi connectivity index (χ2v) is 16.1. The van der Waals surface area contributed by atoms with Crippen molar-refractivity contribution in [3.8, 4) is 26.7 Å². The number of allylic oxidation sites excluding steroid dienone is 5. The van der Waals surface area contributed by atoms with Gasteiger partial charge in [0.05, 0.1) is 0 Å². The summed E-state index contributed by atoms with van der Waals surface area (Å²) >= 11 is 3.52. The van der Waals surface area contributed by atoms with Gasteiger partial charge in [-0.3, -0.25) is 0 Å². The molecule has 0 aliphatic carbocycles. The van der Waals surface area contributed by atoms with Crippen molar-refractivity contribution in [2.24, 2.45) is 0 Å². The molecule has 0 unspecified atom stereocenters.